The van der Waals surface area contributed by atoms with Gasteiger partial charge >= 0.3 is 0 Å². The molecule has 1 aliphatic rings. The average molecular weight is 395 g/mol. The van der Waals surface area contributed by atoms with E-state index < -0.39 is 6.10 Å². The number of amides is 2. The fourth-order valence-corrected chi connectivity index (χ4v) is 3.75. The molecule has 1 saturated carbocycles. The van der Waals surface area contributed by atoms with Crippen molar-refractivity contribution in [1.82, 2.24) is 5.32 Å². The summed E-state index contributed by atoms with van der Waals surface area (Å²) in [6.45, 7) is 5.63. The predicted octanol–water partition coefficient (Wildman–Crippen LogP) is 4.77. The van der Waals surface area contributed by atoms with Gasteiger partial charge in [0.2, 0.25) is 0 Å². The molecular weight excluding hydrogens is 364 g/mol. The third kappa shape index (κ3) is 5.37. The molecule has 0 aliphatic heterocycles. The van der Waals surface area contributed by atoms with E-state index in [0.717, 1.165) is 42.6 Å². The van der Waals surface area contributed by atoms with Crippen molar-refractivity contribution in [3.63, 3.8) is 0 Å². The number of carbonyl (C=O) groups excluding carboxylic acids is 2. The number of ether oxygens (including phenoxy) is 1. The average Bonchev–Trinajstić information content (AvgIpc) is 2.71. The van der Waals surface area contributed by atoms with Crippen molar-refractivity contribution in [3.8, 4) is 5.75 Å². The zero-order valence-corrected chi connectivity index (χ0v) is 17.5. The lowest BCUT2D eigenvalue weighted by atomic mass is 9.95. The van der Waals surface area contributed by atoms with Gasteiger partial charge in [0.05, 0.1) is 11.3 Å². The van der Waals surface area contributed by atoms with Gasteiger partial charge in [-0.15, -0.1) is 0 Å². The molecule has 0 saturated heterocycles. The van der Waals surface area contributed by atoms with Crippen molar-refractivity contribution in [2.45, 2.75) is 65.0 Å². The molecule has 0 bridgehead atoms. The summed E-state index contributed by atoms with van der Waals surface area (Å²) >= 11 is 0. The lowest BCUT2D eigenvalue weighted by Crippen LogP contribution is -2.37. The minimum absolute atomic E-state index is 0.142. The quantitative estimate of drug-likeness (QED) is 0.741. The third-order valence-corrected chi connectivity index (χ3v) is 5.44. The van der Waals surface area contributed by atoms with Gasteiger partial charge in [0.25, 0.3) is 11.8 Å². The largest absolute Gasteiger partial charge is 0.480 e. The third-order valence-electron chi connectivity index (χ3n) is 5.44. The molecule has 0 spiro atoms. The van der Waals surface area contributed by atoms with E-state index in [1.54, 1.807) is 19.1 Å². The molecule has 1 fully saturated rings. The molecule has 2 aromatic carbocycles. The van der Waals surface area contributed by atoms with Crippen LogP contribution in [0.1, 0.15) is 60.5 Å². The number of aryl methyl sites for hydroxylation is 2. The van der Waals surface area contributed by atoms with Crippen LogP contribution >= 0.6 is 0 Å². The Morgan fingerprint density at radius 2 is 1.62 bits per heavy atom. The maximum absolute atomic E-state index is 12.8. The maximum atomic E-state index is 12.8. The topological polar surface area (TPSA) is 67.4 Å². The van der Waals surface area contributed by atoms with E-state index in [1.165, 1.54) is 6.42 Å². The summed E-state index contributed by atoms with van der Waals surface area (Å²) in [6.07, 6.45) is 4.87. The Balaban J connectivity index is 1.68. The second-order valence-electron chi connectivity index (χ2n) is 7.82. The molecule has 0 radical (unpaired) electrons. The predicted molar refractivity (Wildman–Crippen MR) is 115 cm³/mol. The van der Waals surface area contributed by atoms with Crippen molar-refractivity contribution < 1.29 is 14.3 Å². The van der Waals surface area contributed by atoms with Gasteiger partial charge in [-0.1, -0.05) is 49.6 Å². The first-order valence-electron chi connectivity index (χ1n) is 10.4. The molecule has 3 rings (SSSR count). The highest BCUT2D eigenvalue weighted by Crippen LogP contribution is 2.24. The number of anilines is 1. The lowest BCUT2D eigenvalue weighted by Gasteiger charge is -2.23. The van der Waals surface area contributed by atoms with E-state index in [1.807, 2.05) is 44.2 Å². The van der Waals surface area contributed by atoms with Crippen LogP contribution in [0.15, 0.2) is 42.5 Å². The van der Waals surface area contributed by atoms with Gasteiger partial charge in [-0.2, -0.15) is 0 Å². The summed E-state index contributed by atoms with van der Waals surface area (Å²) in [5, 5.41) is 5.97. The Kier molecular flexibility index (Phi) is 6.91. The maximum Gasteiger partial charge on any atom is 0.265 e. The summed E-state index contributed by atoms with van der Waals surface area (Å²) in [5.41, 5.74) is 2.95. The monoisotopic (exact) mass is 394 g/mol. The molecule has 1 aliphatic carbocycles. The molecule has 29 heavy (non-hydrogen) atoms. The highest BCUT2D eigenvalue weighted by Gasteiger charge is 2.21. The van der Waals surface area contributed by atoms with E-state index in [-0.39, 0.29) is 17.9 Å². The minimum atomic E-state index is -0.690. The van der Waals surface area contributed by atoms with Crippen LogP contribution in [0.25, 0.3) is 0 Å². The number of benzene rings is 2. The van der Waals surface area contributed by atoms with Crippen molar-refractivity contribution in [2.75, 3.05) is 5.32 Å². The van der Waals surface area contributed by atoms with Crippen LogP contribution in [0, 0.1) is 13.8 Å². The number of para-hydroxylation sites is 2. The van der Waals surface area contributed by atoms with Crippen LogP contribution < -0.4 is 15.4 Å². The van der Waals surface area contributed by atoms with E-state index in [2.05, 4.69) is 10.6 Å². The van der Waals surface area contributed by atoms with Crippen LogP contribution in [0.3, 0.4) is 0 Å². The van der Waals surface area contributed by atoms with Crippen LogP contribution in [0.5, 0.6) is 5.75 Å². The number of nitrogens with one attached hydrogen (secondary N) is 2. The number of hydrogen-bond acceptors (Lipinski definition) is 3. The van der Waals surface area contributed by atoms with Crippen molar-refractivity contribution in [1.29, 1.82) is 0 Å². The number of carbonyl (C=O) groups is 2. The number of rotatable bonds is 6. The van der Waals surface area contributed by atoms with Gasteiger partial charge in [-0.3, -0.25) is 9.59 Å². The molecule has 0 aromatic heterocycles. The van der Waals surface area contributed by atoms with E-state index >= 15 is 0 Å². The first kappa shape index (κ1) is 20.9. The molecule has 2 N–H and O–H groups in total. The molecule has 5 heteroatoms. The van der Waals surface area contributed by atoms with E-state index in [4.69, 9.17) is 4.74 Å². The Morgan fingerprint density at radius 1 is 0.966 bits per heavy atom. The molecule has 1 atom stereocenters. The first-order valence-corrected chi connectivity index (χ1v) is 10.4. The molecular formula is C24H30N2O3. The normalized spacial score (nSPS) is 15.4. The molecule has 0 heterocycles. The molecule has 2 aromatic rings. The first-order chi connectivity index (χ1) is 14.0. The summed E-state index contributed by atoms with van der Waals surface area (Å²) in [4.78, 5) is 25.5. The van der Waals surface area contributed by atoms with E-state index in [9.17, 15) is 9.59 Å². The van der Waals surface area contributed by atoms with Crippen LogP contribution in [-0.4, -0.2) is 24.0 Å². The minimum Gasteiger partial charge on any atom is -0.480 e. The highest BCUT2D eigenvalue weighted by molar-refractivity contribution is 6.04. The Hall–Kier alpha value is -2.82. The summed E-state index contributed by atoms with van der Waals surface area (Å²) in [7, 11) is 0. The van der Waals surface area contributed by atoms with E-state index in [0.29, 0.717) is 11.3 Å². The Bertz CT molecular complexity index is 852. The van der Waals surface area contributed by atoms with Gasteiger partial charge in [0.15, 0.2) is 6.10 Å². The van der Waals surface area contributed by atoms with Crippen LogP contribution in [-0.2, 0) is 4.79 Å². The van der Waals surface area contributed by atoms with Crippen molar-refractivity contribution >= 4 is 17.5 Å². The highest BCUT2D eigenvalue weighted by atomic mass is 16.5. The second-order valence-corrected chi connectivity index (χ2v) is 7.82. The van der Waals surface area contributed by atoms with Gasteiger partial charge in [-0.05, 0) is 56.9 Å². The summed E-state index contributed by atoms with van der Waals surface area (Å²) < 4.78 is 5.92. The molecule has 0 unspecified atom stereocenters. The zero-order chi connectivity index (χ0) is 20.8. The summed E-state index contributed by atoms with van der Waals surface area (Å²) in [5.74, 6) is 0.292. The molecule has 154 valence electrons. The van der Waals surface area contributed by atoms with Gasteiger partial charge < -0.3 is 15.4 Å². The Morgan fingerprint density at radius 3 is 2.31 bits per heavy atom. The van der Waals surface area contributed by atoms with Crippen LogP contribution in [0.2, 0.25) is 0 Å². The molecule has 5 nitrogen and oxygen atoms in total. The Labute approximate surface area is 172 Å². The zero-order valence-electron chi connectivity index (χ0n) is 17.5. The van der Waals surface area contributed by atoms with Crippen LogP contribution in [0.4, 0.5) is 5.69 Å². The van der Waals surface area contributed by atoms with Gasteiger partial charge in [-0.25, -0.2) is 0 Å². The molecule has 2 amide bonds. The standard InChI is InChI=1S/C24H30N2O3/c1-16-10-9-11-17(2)22(16)29-18(3)23(27)26-21-15-8-7-14-20(21)24(28)25-19-12-5-4-6-13-19/h7-11,14-15,18-19H,4-6,12-13H2,1-3H3,(H,25,28)(H,26,27)/t18-/m0/s1. The van der Waals surface area contributed by atoms with Gasteiger partial charge in [0.1, 0.15) is 5.75 Å². The fourth-order valence-electron chi connectivity index (χ4n) is 3.75. The van der Waals surface area contributed by atoms with Gasteiger partial charge in [0, 0.05) is 6.04 Å². The van der Waals surface area contributed by atoms with Crippen molar-refractivity contribution in [2.24, 2.45) is 0 Å². The summed E-state index contributed by atoms with van der Waals surface area (Å²) in [6, 6.07) is 13.2. The number of hydrogen-bond donors (Lipinski definition) is 2. The lowest BCUT2D eigenvalue weighted by molar-refractivity contribution is -0.122. The SMILES string of the molecule is Cc1cccc(C)c1O[C@@H](C)C(=O)Nc1ccccc1C(=O)NC1CCCCC1. The van der Waals surface area contributed by atoms with Crippen molar-refractivity contribution in [3.05, 3.63) is 59.2 Å². The smallest absolute Gasteiger partial charge is 0.265 e. The fraction of sp³-hybridized carbons (Fsp3) is 0.417. The second kappa shape index (κ2) is 9.59.